The molecule has 0 aliphatic heterocycles. The molecule has 0 radical (unpaired) electrons. The number of carboxylic acid groups (broad SMARTS) is 8. The van der Waals surface area contributed by atoms with E-state index in [9.17, 15) is 47.9 Å². The fraction of sp³-hybridized carbons (Fsp3) is 0.389. The number of nitrogens with two attached hydrogens (primary N) is 1. The zero-order valence-corrected chi connectivity index (χ0v) is 19.3. The van der Waals surface area contributed by atoms with Gasteiger partial charge in [-0.25, -0.2) is 19.2 Å². The van der Waals surface area contributed by atoms with Crippen LogP contribution in [0.25, 0.3) is 0 Å². The van der Waals surface area contributed by atoms with Gasteiger partial charge < -0.3 is 46.6 Å². The Labute approximate surface area is 210 Å². The van der Waals surface area contributed by atoms with Gasteiger partial charge in [-0.3, -0.25) is 34.2 Å². The summed E-state index contributed by atoms with van der Waals surface area (Å²) < 4.78 is 0. The minimum atomic E-state index is -1.71. The van der Waals surface area contributed by atoms with Gasteiger partial charge in [0.2, 0.25) is 5.78 Å². The highest BCUT2D eigenvalue weighted by Gasteiger charge is 2.17. The molecule has 38 heavy (non-hydrogen) atoms. The van der Waals surface area contributed by atoms with Crippen LogP contribution < -0.4 is 11.1 Å². The Balaban J connectivity index is -0.000000203. The zero-order valence-electron chi connectivity index (χ0n) is 19.3. The number of ketones is 2. The van der Waals surface area contributed by atoms with Gasteiger partial charge in [0.1, 0.15) is 12.8 Å². The Kier molecular flexibility index (Phi) is 23.3. The summed E-state index contributed by atoms with van der Waals surface area (Å²) in [6.45, 7) is 0. The molecule has 0 aromatic heterocycles. The molecule has 0 bridgehead atoms. The summed E-state index contributed by atoms with van der Waals surface area (Å²) in [6, 6.07) is -0.809. The van der Waals surface area contributed by atoms with Gasteiger partial charge in [0.15, 0.2) is 6.04 Å². The Bertz CT molecular complexity index is 900. The third-order valence-electron chi connectivity index (χ3n) is 3.03. The molecule has 0 heterocycles. The van der Waals surface area contributed by atoms with Crippen LogP contribution in [0.2, 0.25) is 0 Å². The maximum Gasteiger partial charge on any atom is 0.396 e. The SMILES string of the molecule is O=C(O)CC(=O)C(=O)O.O=C(O)CCC(=O)C(=O)O.[NH2+]=C(CC(=O)O)C(=O)O.[NH3+]C(CCC(=O)O)C(=O)O. The number of quaternary nitrogens is 1. The van der Waals surface area contributed by atoms with Crippen molar-refractivity contribution in [2.24, 2.45) is 0 Å². The first kappa shape index (κ1) is 39.9. The standard InChI is InChI=1S/C5H9NO4.C5H6O5.C4H5NO4.C4H4O5/c2*6-3(5(9)10)1-2-4(7)8;2*5-2(4(8)9)1-3(6)7/h3H,1-2,6H2,(H,7,8)(H,9,10);1-2H2,(H,7,8)(H,9,10);5H,1H2,(H,6,7)(H,8,9);1H2,(H,6,7)(H,8,9)/p+2. The summed E-state index contributed by atoms with van der Waals surface area (Å²) in [5.41, 5.74) is 2.69. The molecule has 1 unspecified atom stereocenters. The van der Waals surface area contributed by atoms with Gasteiger partial charge in [0, 0.05) is 12.8 Å². The highest BCUT2D eigenvalue weighted by molar-refractivity contribution is 6.36. The molecule has 0 aromatic rings. The molecule has 0 aliphatic carbocycles. The lowest BCUT2D eigenvalue weighted by atomic mass is 10.2. The van der Waals surface area contributed by atoms with Crippen LogP contribution in [0.3, 0.4) is 0 Å². The molecule has 1 atom stereocenters. The molecule has 20 heteroatoms. The van der Waals surface area contributed by atoms with Crippen molar-refractivity contribution in [1.29, 1.82) is 0 Å². The van der Waals surface area contributed by atoms with E-state index >= 15 is 0 Å². The molecular formula is C18H26N2O18+2. The van der Waals surface area contributed by atoms with E-state index in [-0.39, 0.29) is 12.8 Å². The molecule has 13 N–H and O–H groups in total. The number of carbonyl (C=O) groups excluding carboxylic acids is 2. The van der Waals surface area contributed by atoms with Gasteiger partial charge in [0.05, 0.1) is 12.8 Å². The first-order valence-corrected chi connectivity index (χ1v) is 9.45. The molecular weight excluding hydrogens is 532 g/mol. The Morgan fingerprint density at radius 3 is 1.13 bits per heavy atom. The highest BCUT2D eigenvalue weighted by Crippen LogP contribution is 1.92. The molecule has 0 saturated heterocycles. The fourth-order valence-corrected chi connectivity index (χ4v) is 1.20. The van der Waals surface area contributed by atoms with Crippen LogP contribution in [-0.4, -0.2) is 112 Å². The molecule has 20 nitrogen and oxygen atoms in total. The van der Waals surface area contributed by atoms with Crippen LogP contribution in [0.4, 0.5) is 0 Å². The number of Topliss-reactive ketones (excluding diaryl/α,β-unsaturated/α-hetero) is 2. The van der Waals surface area contributed by atoms with Crippen molar-refractivity contribution in [2.45, 2.75) is 44.6 Å². The summed E-state index contributed by atoms with van der Waals surface area (Å²) in [4.78, 5) is 98.5. The summed E-state index contributed by atoms with van der Waals surface area (Å²) in [7, 11) is 0. The molecule has 0 amide bonds. The number of aliphatic carboxylic acids is 8. The van der Waals surface area contributed by atoms with Crippen LogP contribution in [-0.2, 0) is 47.9 Å². The molecule has 214 valence electrons. The topological polar surface area (TPSA) is 386 Å². The van der Waals surface area contributed by atoms with Crippen molar-refractivity contribution < 1.29 is 99.9 Å². The first-order valence-electron chi connectivity index (χ1n) is 9.45. The van der Waals surface area contributed by atoms with Crippen molar-refractivity contribution >= 4 is 65.0 Å². The second-order valence-electron chi connectivity index (χ2n) is 6.29. The van der Waals surface area contributed by atoms with Crippen LogP contribution in [0.1, 0.15) is 38.5 Å². The second kappa shape index (κ2) is 22.2. The van der Waals surface area contributed by atoms with Crippen molar-refractivity contribution in [2.75, 3.05) is 0 Å². The largest absolute Gasteiger partial charge is 0.481 e. The van der Waals surface area contributed by atoms with Gasteiger partial charge >= 0.3 is 47.8 Å². The average Bonchev–Trinajstić information content (AvgIpc) is 2.75. The van der Waals surface area contributed by atoms with Gasteiger partial charge in [-0.1, -0.05) is 0 Å². The Hall–Kier alpha value is -5.27. The van der Waals surface area contributed by atoms with E-state index in [1.54, 1.807) is 0 Å². The lowest BCUT2D eigenvalue weighted by molar-refractivity contribution is -0.408. The fourth-order valence-electron chi connectivity index (χ4n) is 1.20. The molecule has 0 saturated carbocycles. The third-order valence-corrected chi connectivity index (χ3v) is 3.03. The van der Waals surface area contributed by atoms with Crippen LogP contribution in [0.5, 0.6) is 0 Å². The normalized spacial score (nSPS) is 9.61. The lowest BCUT2D eigenvalue weighted by Gasteiger charge is -1.98. The number of carbonyl (C=O) groups is 10. The van der Waals surface area contributed by atoms with Crippen LogP contribution >= 0.6 is 0 Å². The molecule has 0 rings (SSSR count). The Morgan fingerprint density at radius 2 is 0.921 bits per heavy atom. The van der Waals surface area contributed by atoms with E-state index in [1.165, 1.54) is 0 Å². The highest BCUT2D eigenvalue weighted by atomic mass is 16.4. The van der Waals surface area contributed by atoms with E-state index in [1.807, 2.05) is 0 Å². The van der Waals surface area contributed by atoms with E-state index < -0.39 is 96.8 Å². The summed E-state index contributed by atoms with van der Waals surface area (Å²) in [5, 5.41) is 68.7. The number of carboxylic acids is 8. The zero-order chi connectivity index (χ0) is 31.2. The second-order valence-corrected chi connectivity index (χ2v) is 6.29. The molecule has 0 spiro atoms. The number of rotatable bonds is 14. The lowest BCUT2D eigenvalue weighted by Crippen LogP contribution is -2.64. The van der Waals surface area contributed by atoms with E-state index in [4.69, 9.17) is 46.3 Å². The predicted octanol–water partition coefficient (Wildman–Crippen LogP) is -5.09. The van der Waals surface area contributed by atoms with E-state index in [2.05, 4.69) is 5.73 Å². The van der Waals surface area contributed by atoms with Crippen molar-refractivity contribution in [3.05, 3.63) is 0 Å². The molecule has 0 fully saturated rings. The van der Waals surface area contributed by atoms with E-state index in [0.29, 0.717) is 0 Å². The quantitative estimate of drug-likeness (QED) is 0.0541. The number of hydrogen-bond donors (Lipinski definition) is 10. The van der Waals surface area contributed by atoms with Gasteiger partial charge in [-0.2, -0.15) is 0 Å². The van der Waals surface area contributed by atoms with Gasteiger partial charge in [0.25, 0.3) is 11.5 Å². The summed E-state index contributed by atoms with van der Waals surface area (Å²) in [6.07, 6.45) is -2.48. The minimum Gasteiger partial charge on any atom is -0.481 e. The third kappa shape index (κ3) is 32.9. The maximum atomic E-state index is 10.2. The Morgan fingerprint density at radius 1 is 0.526 bits per heavy atom. The molecule has 0 aliphatic rings. The van der Waals surface area contributed by atoms with Crippen molar-refractivity contribution in [1.82, 2.24) is 0 Å². The average molecular weight is 558 g/mol. The molecule has 0 aromatic carbocycles. The summed E-state index contributed by atoms with van der Waals surface area (Å²) in [5.74, 6) is -12.9. The first-order chi connectivity index (χ1) is 17.1. The van der Waals surface area contributed by atoms with Gasteiger partial charge in [-0.15, -0.1) is 0 Å². The summed E-state index contributed by atoms with van der Waals surface area (Å²) >= 11 is 0. The van der Waals surface area contributed by atoms with E-state index in [0.717, 1.165) is 0 Å². The van der Waals surface area contributed by atoms with Gasteiger partial charge in [-0.05, 0) is 0 Å². The predicted molar refractivity (Wildman–Crippen MR) is 112 cm³/mol. The van der Waals surface area contributed by atoms with Crippen LogP contribution in [0.15, 0.2) is 0 Å². The maximum absolute atomic E-state index is 10.2. The van der Waals surface area contributed by atoms with Crippen molar-refractivity contribution in [3.8, 4) is 0 Å². The van der Waals surface area contributed by atoms with Crippen LogP contribution in [0, 0.1) is 0 Å². The minimum absolute atomic E-state index is 0.0880. The monoisotopic (exact) mass is 558 g/mol. The smallest absolute Gasteiger partial charge is 0.396 e. The number of hydrogen-bond acceptors (Lipinski definition) is 10. The van der Waals surface area contributed by atoms with Crippen molar-refractivity contribution in [3.63, 3.8) is 0 Å².